The average molecular weight is 1890 g/mol. The molecule has 0 radical (unpaired) electrons. The van der Waals surface area contributed by atoms with Crippen LogP contribution in [0.1, 0.15) is 178 Å². The van der Waals surface area contributed by atoms with E-state index in [4.69, 9.17) is 60.7 Å². The Kier molecular flexibility index (Phi) is 20.8. The molecule has 10 aromatic carbocycles. The van der Waals surface area contributed by atoms with Crippen molar-refractivity contribution in [1.82, 2.24) is 24.9 Å². The highest BCUT2D eigenvalue weighted by Crippen LogP contribution is 2.47. The molecule has 27 rings (SSSR count). The smallest absolute Gasteiger partial charge is 0.227 e. The van der Waals surface area contributed by atoms with Crippen LogP contribution in [0, 0.1) is 41.5 Å². The Morgan fingerprint density at radius 2 is 0.580 bits per heavy atom. The second kappa shape index (κ2) is 37.2. The maximum Gasteiger partial charge on any atom is 0.227 e. The Balaban J connectivity index is 0.000000104. The number of benzene rings is 10. The number of nitrogens with zero attached hydrogens (tertiary/aromatic N) is 10. The molecule has 0 N–H and O–H groups in total. The Labute approximate surface area is 845 Å². The van der Waals surface area contributed by atoms with Crippen LogP contribution in [0.4, 0.5) is 0 Å². The molecule has 15 aromatic heterocycles. The van der Waals surface area contributed by atoms with Crippen LogP contribution >= 0.6 is 0 Å². The van der Waals surface area contributed by atoms with Gasteiger partial charge in [0.15, 0.2) is 58.9 Å². The van der Waals surface area contributed by atoms with Crippen molar-refractivity contribution in [2.24, 2.45) is 35.2 Å². The maximum atomic E-state index is 9.14. The van der Waals surface area contributed by atoms with E-state index in [-0.39, 0.29) is 0 Å². The van der Waals surface area contributed by atoms with E-state index in [0.29, 0.717) is 39.7 Å². The van der Waals surface area contributed by atoms with Gasteiger partial charge in [-0.3, -0.25) is 0 Å². The minimum absolute atomic E-state index is 0.311. The number of furan rings is 5. The summed E-state index contributed by atoms with van der Waals surface area (Å²) in [7, 11) is 9.89. The molecule has 1 unspecified atom stereocenters. The zero-order valence-corrected chi connectivity index (χ0v) is 82.7. The highest BCUT2D eigenvalue weighted by molar-refractivity contribution is 6.16. The van der Waals surface area contributed by atoms with Crippen LogP contribution in [0.25, 0.3) is 221 Å². The molecule has 2 saturated carbocycles. The van der Waals surface area contributed by atoms with Gasteiger partial charge in [0.1, 0.15) is 35.2 Å². The first kappa shape index (κ1) is 79.8. The number of hydrogen-bond acceptors (Lipinski definition) is 10. The molecule has 143 heavy (non-hydrogen) atoms. The molecule has 2 aliphatic rings. The molecule has 704 valence electrons. The minimum atomic E-state index is -2.43. The average Bonchev–Trinajstić information content (AvgIpc) is 1.61. The summed E-state index contributed by atoms with van der Waals surface area (Å²) in [5.74, 6) is -3.33. The third kappa shape index (κ3) is 16.8. The van der Waals surface area contributed by atoms with Gasteiger partial charge in [-0.2, -0.15) is 0 Å². The van der Waals surface area contributed by atoms with Gasteiger partial charge in [0.2, 0.25) is 57.0 Å². The second-order valence-corrected chi connectivity index (χ2v) is 39.0. The van der Waals surface area contributed by atoms with Crippen molar-refractivity contribution in [3.63, 3.8) is 0 Å². The van der Waals surface area contributed by atoms with E-state index in [1.807, 2.05) is 185 Å². The number of rotatable bonds is 9. The normalized spacial score (nSPS) is 15.4. The zero-order chi connectivity index (χ0) is 107. The maximum absolute atomic E-state index is 9.14. The van der Waals surface area contributed by atoms with Gasteiger partial charge in [-0.25, -0.2) is 47.8 Å². The summed E-state index contributed by atoms with van der Waals surface area (Å²) >= 11 is 0. The minimum Gasteiger partial charge on any atom is -0.437 e. The first-order chi connectivity index (χ1) is 73.3. The van der Waals surface area contributed by atoms with Crippen molar-refractivity contribution in [1.29, 1.82) is 0 Å². The molecule has 15 nitrogen and oxygen atoms in total. The summed E-state index contributed by atoms with van der Waals surface area (Å²) in [5, 5.41) is 15.7. The number of aryl methyl sites for hydroxylation is 11. The molecule has 0 aliphatic heterocycles. The zero-order valence-electron chi connectivity index (χ0n) is 92.7. The van der Waals surface area contributed by atoms with Crippen LogP contribution in [-0.2, 0) is 35.2 Å². The highest BCUT2D eigenvalue weighted by Gasteiger charge is 2.32. The van der Waals surface area contributed by atoms with Crippen LogP contribution in [0.5, 0.6) is 0 Å². The van der Waals surface area contributed by atoms with Crippen molar-refractivity contribution in [3.05, 3.63) is 360 Å². The first-order valence-corrected chi connectivity index (χ1v) is 49.4. The fourth-order valence-corrected chi connectivity index (χ4v) is 21.4. The molecular weight excluding hydrogens is 1760 g/mol. The lowest BCUT2D eigenvalue weighted by Gasteiger charge is -2.21. The largest absolute Gasteiger partial charge is 0.437 e. The molecule has 0 saturated heterocycles. The van der Waals surface area contributed by atoms with E-state index in [0.717, 1.165) is 288 Å². The van der Waals surface area contributed by atoms with Gasteiger partial charge >= 0.3 is 0 Å². The van der Waals surface area contributed by atoms with Gasteiger partial charge in [-0.15, -0.1) is 0 Å². The molecular formula is C128H117N10O5+5. The number of para-hydroxylation sites is 5. The van der Waals surface area contributed by atoms with Gasteiger partial charge in [0.05, 0.1) is 55.4 Å². The third-order valence-electron chi connectivity index (χ3n) is 29.2. The highest BCUT2D eigenvalue weighted by atomic mass is 16.4. The Hall–Kier alpha value is -16.0. The second-order valence-electron chi connectivity index (χ2n) is 39.0. The van der Waals surface area contributed by atoms with Crippen LogP contribution in [-0.4, -0.2) is 24.9 Å². The topological polar surface area (TPSA) is 150 Å². The summed E-state index contributed by atoms with van der Waals surface area (Å²) in [5.41, 5.74) is 31.5. The number of fused-ring (bicyclic) bond motifs is 20. The van der Waals surface area contributed by atoms with E-state index < -0.39 is 37.3 Å². The summed E-state index contributed by atoms with van der Waals surface area (Å²) < 4.78 is 123. The van der Waals surface area contributed by atoms with Gasteiger partial charge in [-0.1, -0.05) is 211 Å². The van der Waals surface area contributed by atoms with E-state index >= 15 is 0 Å². The third-order valence-corrected chi connectivity index (χ3v) is 29.2. The van der Waals surface area contributed by atoms with Gasteiger partial charge in [-0.05, 0) is 208 Å². The summed E-state index contributed by atoms with van der Waals surface area (Å²) in [6.07, 6.45) is 19.1. The molecule has 0 spiro atoms. The van der Waals surface area contributed by atoms with E-state index in [9.17, 15) is 0 Å². The fraction of sp³-hybridized carbons (Fsp3) is 0.219. The lowest BCUT2D eigenvalue weighted by Crippen LogP contribution is -2.31. The van der Waals surface area contributed by atoms with Gasteiger partial charge in [0.25, 0.3) is 0 Å². The number of hydrogen-bond donors (Lipinski definition) is 0. The van der Waals surface area contributed by atoms with Crippen molar-refractivity contribution in [3.8, 4) is 56.3 Å². The molecule has 15 heterocycles. The number of pyridine rings is 10. The lowest BCUT2D eigenvalue weighted by atomic mass is 9.84. The standard InChI is InChI=1S/C28H27N2O.C27H25N2O.2C25H23N2O.C23H19N2O/c1-18-12-13-22-23-16-21-10-6-7-11-24(21)29-28(23)31-27(22)26(18)25-17-20(14-15-30(25)2)19-8-4-3-5-9-19;1-17-11-12-21-22-15-20-9-5-6-10-23(20)28-27(22)30-26(21)25(17)24-16-19(13-14-29(24)2)18-7-3-4-8-18;1-15(2)18-10-12-22(27(4)14-18)23-16(3)9-11-19-20-13-17-7-5-6-8-21(17)26-25(20)28-24(19)23;1-15(2)17-11-12-27(4)22(14-17)23-16(3)9-10-19-20-13-18-7-5-6-8-21(18)26-25(20)28-24(19)23;1-14-8-11-20(25(3)13-14)21-15(2)9-10-17-18-12-16-6-4-5-7-19(16)24-23(18)26-22(17)21/h6-7,10-17,19H,3-5,8-9H2,1-2H3;5-6,9-16,18H,3-4,7-8H2,1-2H3;2*5-15H,1-4H3;4-13H,1-3H3/q5*+1/i19D;18D;1D3,15D;15D;1D3. The van der Waals surface area contributed by atoms with Gasteiger partial charge < -0.3 is 22.1 Å². The fourth-order valence-electron chi connectivity index (χ4n) is 21.4. The Morgan fingerprint density at radius 3 is 0.888 bits per heavy atom. The summed E-state index contributed by atoms with van der Waals surface area (Å²) in [6, 6.07) is 92.1. The molecule has 0 amide bonds. The summed E-state index contributed by atoms with van der Waals surface area (Å²) in [6.45, 7) is 11.1. The Morgan fingerprint density at radius 1 is 0.287 bits per heavy atom. The van der Waals surface area contributed by atoms with Gasteiger partial charge in [0, 0.05) is 154 Å². The van der Waals surface area contributed by atoms with Crippen molar-refractivity contribution in [2.45, 2.75) is 150 Å². The van der Waals surface area contributed by atoms with Crippen LogP contribution in [0.2, 0.25) is 0 Å². The van der Waals surface area contributed by atoms with Crippen molar-refractivity contribution in [2.75, 3.05) is 0 Å². The van der Waals surface area contributed by atoms with E-state index in [1.54, 1.807) is 24.5 Å². The monoisotopic (exact) mass is 1880 g/mol. The quantitative estimate of drug-likeness (QED) is 0.128. The predicted molar refractivity (Wildman–Crippen MR) is 582 cm³/mol. The Bertz CT molecular complexity index is 9930. The first-order valence-electron chi connectivity index (χ1n) is 54.4. The molecule has 0 bridgehead atoms. The van der Waals surface area contributed by atoms with E-state index in [1.165, 1.54) is 13.3 Å². The van der Waals surface area contributed by atoms with Crippen molar-refractivity contribution >= 4 is 165 Å². The number of aromatic nitrogens is 10. The molecule has 2 aliphatic carbocycles. The van der Waals surface area contributed by atoms with Crippen molar-refractivity contribution < 1.29 is 58.6 Å². The predicted octanol–water partition coefficient (Wildman–Crippen LogP) is 30.9. The lowest BCUT2D eigenvalue weighted by molar-refractivity contribution is -0.660. The van der Waals surface area contributed by atoms with Crippen LogP contribution in [0.15, 0.2) is 326 Å². The van der Waals surface area contributed by atoms with E-state index in [2.05, 4.69) is 200 Å². The van der Waals surface area contributed by atoms with Crippen LogP contribution in [0.3, 0.4) is 0 Å². The van der Waals surface area contributed by atoms with Crippen LogP contribution < -0.4 is 22.8 Å². The molecule has 15 heteroatoms. The SMILES string of the molecule is [2H]C(C)(C)c1cc[n+](C)c(-c2c(C)ccc3c2oc2nc4ccccc4cc23)c1.[2H]C([2H])([2H])C([2H])(C)c1ccc(-c2c(C)ccc3c2oc2nc4ccccc4cc23)[n+](C)c1.[2H]C([2H])([2H])c1ccc(-c2c(C)ccc3c2oc2nc4ccccc4cc23)[n+](C)c1.[2H]C1(c2cc[n+](C)c(-c3c(C)ccc4c3oc3nc5ccccc5cc34)c2)CCCC1.[2H]C1(c2cc[n+](C)c(-c3c(C)ccc4c3oc3nc5ccccc5cc34)c2)CCCCC1. The molecule has 25 aromatic rings. The molecule has 1 atom stereocenters. The molecule has 2 fully saturated rings. The summed E-state index contributed by atoms with van der Waals surface area (Å²) in [4.78, 5) is 23.8.